The number of thiazole rings is 1. The van der Waals surface area contributed by atoms with Crippen molar-refractivity contribution in [3.05, 3.63) is 47.1 Å². The lowest BCUT2D eigenvalue weighted by Gasteiger charge is -2.01. The monoisotopic (exact) mass is 305 g/mol. The van der Waals surface area contributed by atoms with E-state index in [1.807, 2.05) is 16.0 Å². The molecular formula is C13H11N3O4S. The Morgan fingerprint density at radius 1 is 1.43 bits per heavy atom. The van der Waals surface area contributed by atoms with Crippen LogP contribution in [0.2, 0.25) is 0 Å². The molecule has 0 fully saturated rings. The maximum atomic E-state index is 11.8. The predicted molar refractivity (Wildman–Crippen MR) is 74.3 cm³/mol. The van der Waals surface area contributed by atoms with Gasteiger partial charge in [-0.2, -0.15) is 0 Å². The lowest BCUT2D eigenvalue weighted by Crippen LogP contribution is -2.24. The minimum Gasteiger partial charge on any atom is -0.475 e. The highest BCUT2D eigenvalue weighted by Gasteiger charge is 2.11. The van der Waals surface area contributed by atoms with Gasteiger partial charge in [0.15, 0.2) is 4.96 Å². The number of nitrogens with one attached hydrogen (secondary N) is 1. The van der Waals surface area contributed by atoms with Crippen molar-refractivity contribution in [2.45, 2.75) is 13.0 Å². The van der Waals surface area contributed by atoms with Gasteiger partial charge < -0.3 is 14.8 Å². The normalized spacial score (nSPS) is 10.9. The lowest BCUT2D eigenvalue weighted by molar-refractivity contribution is -0.120. The third-order valence-electron chi connectivity index (χ3n) is 2.82. The summed E-state index contributed by atoms with van der Waals surface area (Å²) >= 11 is 1.50. The number of amides is 1. The number of aromatic nitrogens is 2. The van der Waals surface area contributed by atoms with Gasteiger partial charge in [0.2, 0.25) is 11.7 Å². The molecule has 0 aliphatic carbocycles. The van der Waals surface area contributed by atoms with E-state index in [-0.39, 0.29) is 24.6 Å². The minimum absolute atomic E-state index is 0.145. The number of furan rings is 1. The van der Waals surface area contributed by atoms with Crippen molar-refractivity contribution in [1.29, 1.82) is 0 Å². The van der Waals surface area contributed by atoms with Crippen molar-refractivity contribution in [2.24, 2.45) is 0 Å². The summed E-state index contributed by atoms with van der Waals surface area (Å²) in [4.78, 5) is 27.6. The average Bonchev–Trinajstić information content (AvgIpc) is 3.10. The number of carbonyl (C=O) groups excluding carboxylic acids is 1. The molecule has 0 bridgehead atoms. The third-order valence-corrected chi connectivity index (χ3v) is 3.59. The highest BCUT2D eigenvalue weighted by atomic mass is 32.1. The van der Waals surface area contributed by atoms with Crippen molar-refractivity contribution in [3.63, 3.8) is 0 Å². The Morgan fingerprint density at radius 3 is 3.00 bits per heavy atom. The zero-order valence-electron chi connectivity index (χ0n) is 10.8. The van der Waals surface area contributed by atoms with E-state index >= 15 is 0 Å². The van der Waals surface area contributed by atoms with Crippen LogP contribution in [0.5, 0.6) is 0 Å². The number of imidazole rings is 1. The number of hydrogen-bond donors (Lipinski definition) is 2. The second-order valence-electron chi connectivity index (χ2n) is 4.35. The molecule has 1 amide bonds. The van der Waals surface area contributed by atoms with E-state index in [0.717, 1.165) is 4.96 Å². The van der Waals surface area contributed by atoms with Crippen LogP contribution < -0.4 is 5.32 Å². The zero-order chi connectivity index (χ0) is 14.8. The number of nitrogens with zero attached hydrogens (tertiary/aromatic N) is 2. The molecule has 3 rings (SSSR count). The van der Waals surface area contributed by atoms with Crippen LogP contribution in [0.3, 0.4) is 0 Å². The molecule has 3 heterocycles. The summed E-state index contributed by atoms with van der Waals surface area (Å²) < 4.78 is 6.91. The summed E-state index contributed by atoms with van der Waals surface area (Å²) in [6, 6.07) is 2.88. The molecule has 2 N–H and O–H groups in total. The fourth-order valence-electron chi connectivity index (χ4n) is 1.86. The second kappa shape index (κ2) is 5.41. The van der Waals surface area contributed by atoms with E-state index in [1.165, 1.54) is 23.5 Å². The van der Waals surface area contributed by atoms with Gasteiger partial charge in [0.05, 0.1) is 18.7 Å². The standard InChI is InChI=1S/C13H11N3O4S/c17-11(5-8-7-16-3-4-21-13(16)15-8)14-6-9-1-2-10(20-9)12(18)19/h1-4,7H,5-6H2,(H,14,17)(H,18,19). The van der Waals surface area contributed by atoms with Crippen LogP contribution in [0.4, 0.5) is 0 Å². The largest absolute Gasteiger partial charge is 0.475 e. The Hall–Kier alpha value is -2.61. The van der Waals surface area contributed by atoms with Gasteiger partial charge in [0.1, 0.15) is 5.76 Å². The second-order valence-corrected chi connectivity index (χ2v) is 5.22. The van der Waals surface area contributed by atoms with Crippen molar-refractivity contribution < 1.29 is 19.1 Å². The Morgan fingerprint density at radius 2 is 2.29 bits per heavy atom. The number of carbonyl (C=O) groups is 2. The fraction of sp³-hybridized carbons (Fsp3) is 0.154. The summed E-state index contributed by atoms with van der Waals surface area (Å²) in [5.74, 6) is -1.08. The number of aromatic carboxylic acids is 1. The molecule has 0 aliphatic heterocycles. The number of carboxylic acids is 1. The van der Waals surface area contributed by atoms with Crippen LogP contribution >= 0.6 is 11.3 Å². The molecule has 3 aromatic heterocycles. The van der Waals surface area contributed by atoms with E-state index in [1.54, 1.807) is 6.20 Å². The minimum atomic E-state index is -1.13. The first kappa shape index (κ1) is 13.4. The van der Waals surface area contributed by atoms with Gasteiger partial charge in [-0.25, -0.2) is 9.78 Å². The van der Waals surface area contributed by atoms with Gasteiger partial charge in [-0.3, -0.25) is 9.20 Å². The Balaban J connectivity index is 1.56. The molecule has 0 aliphatic rings. The molecule has 0 unspecified atom stereocenters. The van der Waals surface area contributed by atoms with Crippen molar-refractivity contribution in [2.75, 3.05) is 0 Å². The Labute approximate surface area is 122 Å². The summed E-state index contributed by atoms with van der Waals surface area (Å²) in [7, 11) is 0. The SMILES string of the molecule is O=C(Cc1cn2ccsc2n1)NCc1ccc(C(=O)O)o1. The molecule has 108 valence electrons. The first-order valence-corrected chi connectivity index (χ1v) is 6.99. The quantitative estimate of drug-likeness (QED) is 0.745. The molecule has 0 saturated carbocycles. The smallest absolute Gasteiger partial charge is 0.371 e. The Kier molecular flexibility index (Phi) is 3.44. The summed E-state index contributed by atoms with van der Waals surface area (Å²) in [6.07, 6.45) is 3.85. The van der Waals surface area contributed by atoms with Crippen LogP contribution in [-0.4, -0.2) is 26.4 Å². The first-order valence-electron chi connectivity index (χ1n) is 6.11. The number of carboxylic acid groups (broad SMARTS) is 1. The van der Waals surface area contributed by atoms with Gasteiger partial charge in [0.25, 0.3) is 0 Å². The van der Waals surface area contributed by atoms with E-state index in [4.69, 9.17) is 9.52 Å². The van der Waals surface area contributed by atoms with Gasteiger partial charge in [0, 0.05) is 17.8 Å². The van der Waals surface area contributed by atoms with Crippen LogP contribution in [-0.2, 0) is 17.8 Å². The fourth-order valence-corrected chi connectivity index (χ4v) is 2.58. The summed E-state index contributed by atoms with van der Waals surface area (Å²) in [5, 5.41) is 13.3. The first-order chi connectivity index (χ1) is 10.1. The maximum Gasteiger partial charge on any atom is 0.371 e. The van der Waals surface area contributed by atoms with Crippen molar-refractivity contribution in [1.82, 2.24) is 14.7 Å². The molecule has 0 aromatic carbocycles. The van der Waals surface area contributed by atoms with Crippen LogP contribution in [0.1, 0.15) is 22.0 Å². The number of fused-ring (bicyclic) bond motifs is 1. The third kappa shape index (κ3) is 2.95. The zero-order valence-corrected chi connectivity index (χ0v) is 11.6. The number of hydrogen-bond acceptors (Lipinski definition) is 5. The molecule has 3 aromatic rings. The van der Waals surface area contributed by atoms with Crippen LogP contribution in [0.15, 0.2) is 34.3 Å². The van der Waals surface area contributed by atoms with Gasteiger partial charge in [-0.15, -0.1) is 11.3 Å². The van der Waals surface area contributed by atoms with Crippen LogP contribution in [0.25, 0.3) is 4.96 Å². The summed E-state index contributed by atoms with van der Waals surface area (Å²) in [5.41, 5.74) is 0.685. The van der Waals surface area contributed by atoms with Crippen molar-refractivity contribution in [3.8, 4) is 0 Å². The predicted octanol–water partition coefficient (Wildman–Crippen LogP) is 1.55. The van der Waals surface area contributed by atoms with Gasteiger partial charge in [-0.1, -0.05) is 0 Å². The highest BCUT2D eigenvalue weighted by Crippen LogP contribution is 2.12. The molecule has 8 heteroatoms. The van der Waals surface area contributed by atoms with E-state index in [0.29, 0.717) is 11.5 Å². The molecule has 0 radical (unpaired) electrons. The van der Waals surface area contributed by atoms with E-state index in [2.05, 4.69) is 10.3 Å². The number of rotatable bonds is 5. The van der Waals surface area contributed by atoms with Gasteiger partial charge >= 0.3 is 5.97 Å². The van der Waals surface area contributed by atoms with Crippen molar-refractivity contribution >= 4 is 28.2 Å². The maximum absolute atomic E-state index is 11.8. The highest BCUT2D eigenvalue weighted by molar-refractivity contribution is 7.15. The molecule has 21 heavy (non-hydrogen) atoms. The molecular weight excluding hydrogens is 294 g/mol. The molecule has 0 saturated heterocycles. The molecule has 0 atom stereocenters. The van der Waals surface area contributed by atoms with Gasteiger partial charge in [-0.05, 0) is 12.1 Å². The van der Waals surface area contributed by atoms with E-state index < -0.39 is 5.97 Å². The summed E-state index contributed by atoms with van der Waals surface area (Å²) in [6.45, 7) is 0.147. The van der Waals surface area contributed by atoms with Crippen LogP contribution in [0, 0.1) is 0 Å². The topological polar surface area (TPSA) is 96.8 Å². The lowest BCUT2D eigenvalue weighted by atomic mass is 10.3. The van der Waals surface area contributed by atoms with E-state index in [9.17, 15) is 9.59 Å². The molecule has 0 spiro atoms. The molecule has 7 nitrogen and oxygen atoms in total. The Bertz CT molecular complexity index is 773. The average molecular weight is 305 g/mol.